The van der Waals surface area contributed by atoms with Gasteiger partial charge in [-0.15, -0.1) is 0 Å². The summed E-state index contributed by atoms with van der Waals surface area (Å²) in [5.41, 5.74) is 7.30. The van der Waals surface area contributed by atoms with E-state index in [4.69, 9.17) is 17.3 Å². The number of hydrogen-bond acceptors (Lipinski definition) is 3. The van der Waals surface area contributed by atoms with E-state index in [0.29, 0.717) is 22.3 Å². The van der Waals surface area contributed by atoms with E-state index in [0.717, 1.165) is 16.5 Å². The summed E-state index contributed by atoms with van der Waals surface area (Å²) < 4.78 is 1.99. The maximum atomic E-state index is 9.22. The summed E-state index contributed by atoms with van der Waals surface area (Å²) in [7, 11) is 0. The van der Waals surface area contributed by atoms with Gasteiger partial charge in [0.15, 0.2) is 0 Å². The van der Waals surface area contributed by atoms with Crippen molar-refractivity contribution in [1.29, 1.82) is 5.26 Å². The van der Waals surface area contributed by atoms with Crippen molar-refractivity contribution in [2.45, 2.75) is 30.3 Å². The van der Waals surface area contributed by atoms with Gasteiger partial charge in [-0.2, -0.15) is 5.26 Å². The minimum Gasteiger partial charge on any atom is -0.397 e. The van der Waals surface area contributed by atoms with Crippen LogP contribution in [0.15, 0.2) is 40.3 Å². The smallest absolute Gasteiger partial charge is 0.123 e. The third kappa shape index (κ3) is 3.30. The first-order valence-corrected chi connectivity index (χ1v) is 7.53. The zero-order chi connectivity index (χ0) is 14.7. The molecule has 0 unspecified atom stereocenters. The van der Waals surface area contributed by atoms with E-state index in [1.54, 1.807) is 17.8 Å². The number of hydrogen-bond donors (Lipinski definition) is 1. The first kappa shape index (κ1) is 14.8. The minimum atomic E-state index is 0.443. The minimum absolute atomic E-state index is 0.443. The second-order valence-corrected chi connectivity index (χ2v) is 6.46. The summed E-state index contributed by atoms with van der Waals surface area (Å²) in [4.78, 5) is 1.05. The molecule has 0 saturated carbocycles. The fourth-order valence-corrected chi connectivity index (χ4v) is 3.00. The Kier molecular flexibility index (Phi) is 4.64. The van der Waals surface area contributed by atoms with Gasteiger partial charge in [0.25, 0.3) is 0 Å². The molecule has 1 aromatic heterocycles. The Morgan fingerprint density at radius 3 is 2.55 bits per heavy atom. The van der Waals surface area contributed by atoms with Gasteiger partial charge in [0.1, 0.15) is 16.8 Å². The van der Waals surface area contributed by atoms with E-state index >= 15 is 0 Å². The maximum Gasteiger partial charge on any atom is 0.123 e. The summed E-state index contributed by atoms with van der Waals surface area (Å²) >= 11 is 7.45. The van der Waals surface area contributed by atoms with Gasteiger partial charge in [0, 0.05) is 16.5 Å². The molecule has 1 heterocycles. The average molecular weight is 306 g/mol. The molecular formula is C15H16ClN3S. The molecule has 1 aromatic carbocycles. The van der Waals surface area contributed by atoms with Crippen LogP contribution in [0.2, 0.25) is 5.02 Å². The number of rotatable bonds is 4. The first-order chi connectivity index (χ1) is 9.51. The molecule has 0 aliphatic carbocycles. The van der Waals surface area contributed by atoms with E-state index in [1.807, 2.05) is 28.8 Å². The van der Waals surface area contributed by atoms with Crippen LogP contribution in [0, 0.1) is 17.2 Å². The lowest BCUT2D eigenvalue weighted by atomic mass is 10.2. The molecule has 0 aliphatic heterocycles. The van der Waals surface area contributed by atoms with Crippen molar-refractivity contribution in [3.8, 4) is 6.07 Å². The molecule has 0 fully saturated rings. The molecule has 0 radical (unpaired) electrons. The first-order valence-electron chi connectivity index (χ1n) is 6.33. The van der Waals surface area contributed by atoms with Gasteiger partial charge in [-0.05, 0) is 36.2 Å². The number of nitrogen functional groups attached to an aromatic ring is 1. The number of nitrogens with two attached hydrogens (primary N) is 1. The molecule has 5 heteroatoms. The van der Waals surface area contributed by atoms with Crippen LogP contribution in [0.5, 0.6) is 0 Å². The molecule has 0 spiro atoms. The van der Waals surface area contributed by atoms with Gasteiger partial charge in [-0.3, -0.25) is 0 Å². The van der Waals surface area contributed by atoms with E-state index in [2.05, 4.69) is 19.9 Å². The normalized spacial score (nSPS) is 10.8. The number of anilines is 1. The summed E-state index contributed by atoms with van der Waals surface area (Å²) in [5, 5.41) is 10.8. The molecule has 104 valence electrons. The van der Waals surface area contributed by atoms with Gasteiger partial charge in [-0.1, -0.05) is 37.2 Å². The van der Waals surface area contributed by atoms with Crippen molar-refractivity contribution in [3.05, 3.63) is 41.0 Å². The summed E-state index contributed by atoms with van der Waals surface area (Å²) in [6.45, 7) is 5.01. The maximum absolute atomic E-state index is 9.22. The lowest BCUT2D eigenvalue weighted by molar-refractivity contribution is 0.498. The molecule has 3 nitrogen and oxygen atoms in total. The second kappa shape index (κ2) is 6.25. The lowest BCUT2D eigenvalue weighted by Gasteiger charge is -2.13. The zero-order valence-corrected chi connectivity index (χ0v) is 13.0. The monoisotopic (exact) mass is 305 g/mol. The highest BCUT2D eigenvalue weighted by atomic mass is 35.5. The molecule has 0 bridgehead atoms. The van der Waals surface area contributed by atoms with Crippen LogP contribution in [0.4, 0.5) is 5.69 Å². The van der Waals surface area contributed by atoms with E-state index < -0.39 is 0 Å². The fourth-order valence-electron chi connectivity index (χ4n) is 1.92. The SMILES string of the molecule is CC(C)Cn1c(C#N)cc(N)c1Sc1ccc(Cl)cc1. The third-order valence-corrected chi connectivity index (χ3v) is 4.17. The van der Waals surface area contributed by atoms with Gasteiger partial charge in [0.05, 0.1) is 5.69 Å². The fraction of sp³-hybridized carbons (Fsp3) is 0.267. The highest BCUT2D eigenvalue weighted by Gasteiger charge is 2.15. The Labute approximate surface area is 128 Å². The Bertz CT molecular complexity index is 638. The largest absolute Gasteiger partial charge is 0.397 e. The van der Waals surface area contributed by atoms with Gasteiger partial charge < -0.3 is 10.3 Å². The number of halogens is 1. The van der Waals surface area contributed by atoms with E-state index in [-0.39, 0.29) is 0 Å². The van der Waals surface area contributed by atoms with Crippen LogP contribution in [0.1, 0.15) is 19.5 Å². The Hall–Kier alpha value is -1.57. The van der Waals surface area contributed by atoms with Crippen LogP contribution >= 0.6 is 23.4 Å². The number of aromatic nitrogens is 1. The highest BCUT2D eigenvalue weighted by Crippen LogP contribution is 2.35. The molecule has 0 aliphatic rings. The zero-order valence-electron chi connectivity index (χ0n) is 11.4. The summed E-state index contributed by atoms with van der Waals surface area (Å²) in [6.07, 6.45) is 0. The molecule has 0 amide bonds. The van der Waals surface area contributed by atoms with E-state index in [1.165, 1.54) is 0 Å². The molecule has 20 heavy (non-hydrogen) atoms. The lowest BCUT2D eigenvalue weighted by Crippen LogP contribution is -2.07. The molecule has 0 saturated heterocycles. The van der Waals surface area contributed by atoms with Crippen molar-refractivity contribution in [1.82, 2.24) is 4.57 Å². The highest BCUT2D eigenvalue weighted by molar-refractivity contribution is 7.99. The Morgan fingerprint density at radius 2 is 2.00 bits per heavy atom. The van der Waals surface area contributed by atoms with Crippen molar-refractivity contribution >= 4 is 29.1 Å². The molecule has 2 rings (SSSR count). The van der Waals surface area contributed by atoms with Gasteiger partial charge in [0.2, 0.25) is 0 Å². The molecule has 2 N–H and O–H groups in total. The molecule has 2 aromatic rings. The predicted octanol–water partition coefficient (Wildman–Crippen LogP) is 4.40. The Morgan fingerprint density at radius 1 is 1.35 bits per heavy atom. The summed E-state index contributed by atoms with van der Waals surface area (Å²) in [6, 6.07) is 11.5. The van der Waals surface area contributed by atoms with Crippen molar-refractivity contribution < 1.29 is 0 Å². The van der Waals surface area contributed by atoms with Crippen LogP contribution in [0.25, 0.3) is 0 Å². The van der Waals surface area contributed by atoms with Crippen LogP contribution in [0.3, 0.4) is 0 Å². The number of benzene rings is 1. The van der Waals surface area contributed by atoms with Crippen LogP contribution in [-0.4, -0.2) is 4.57 Å². The third-order valence-electron chi connectivity index (χ3n) is 2.77. The average Bonchev–Trinajstić information content (AvgIpc) is 2.69. The molecular weight excluding hydrogens is 290 g/mol. The number of nitrogens with zero attached hydrogens (tertiary/aromatic N) is 2. The van der Waals surface area contributed by atoms with Crippen molar-refractivity contribution in [2.24, 2.45) is 5.92 Å². The number of nitriles is 1. The second-order valence-electron chi connectivity index (χ2n) is 4.96. The van der Waals surface area contributed by atoms with Crippen LogP contribution < -0.4 is 5.73 Å². The van der Waals surface area contributed by atoms with Crippen molar-refractivity contribution in [2.75, 3.05) is 5.73 Å². The quantitative estimate of drug-likeness (QED) is 0.910. The topological polar surface area (TPSA) is 54.7 Å². The standard InChI is InChI=1S/C15H16ClN3S/c1-10(2)9-19-12(8-17)7-14(18)15(19)20-13-5-3-11(16)4-6-13/h3-7,10H,9,18H2,1-2H3. The van der Waals surface area contributed by atoms with Gasteiger partial charge >= 0.3 is 0 Å². The van der Waals surface area contributed by atoms with Gasteiger partial charge in [-0.25, -0.2) is 0 Å². The van der Waals surface area contributed by atoms with E-state index in [9.17, 15) is 5.26 Å². The van der Waals surface area contributed by atoms with Crippen LogP contribution in [-0.2, 0) is 6.54 Å². The summed E-state index contributed by atoms with van der Waals surface area (Å²) in [5.74, 6) is 0.443. The Balaban J connectivity index is 2.37. The van der Waals surface area contributed by atoms with Crippen molar-refractivity contribution in [3.63, 3.8) is 0 Å². The molecule has 0 atom stereocenters. The predicted molar refractivity (Wildman–Crippen MR) is 84.0 cm³/mol.